The number of carbonyl (C=O) groups is 2. The molecule has 1 amide bonds. The average Bonchev–Trinajstić information content (AvgIpc) is 1.98. The van der Waals surface area contributed by atoms with Crippen LogP contribution in [-0.4, -0.2) is 19.0 Å². The molecule has 0 saturated heterocycles. The van der Waals surface area contributed by atoms with Gasteiger partial charge in [-0.2, -0.15) is 0 Å². The summed E-state index contributed by atoms with van der Waals surface area (Å²) in [7, 11) is 1.22. The van der Waals surface area contributed by atoms with E-state index in [0.29, 0.717) is 0 Å². The maximum Gasteiger partial charge on any atom is 0.354 e. The molecule has 0 radical (unpaired) electrons. The number of nitrogens with one attached hydrogen (secondary N) is 1. The van der Waals surface area contributed by atoms with E-state index in [1.54, 1.807) is 13.8 Å². The monoisotopic (exact) mass is 189 g/mol. The minimum Gasteiger partial charge on any atom is -0.464 e. The van der Waals surface area contributed by atoms with E-state index >= 15 is 0 Å². The van der Waals surface area contributed by atoms with Crippen LogP contribution in [0.5, 0.6) is 0 Å². The van der Waals surface area contributed by atoms with E-state index in [9.17, 15) is 9.59 Å². The Kier molecular flexibility index (Phi) is 4.02. The van der Waals surface area contributed by atoms with Gasteiger partial charge in [-0.3, -0.25) is 4.79 Å². The van der Waals surface area contributed by atoms with Crippen LogP contribution in [-0.2, 0) is 14.3 Å². The topological polar surface area (TPSA) is 55.4 Å². The van der Waals surface area contributed by atoms with E-state index in [1.165, 1.54) is 20.1 Å². The zero-order valence-electron chi connectivity index (χ0n) is 9.30. The van der Waals surface area contributed by atoms with Crippen LogP contribution < -0.4 is 5.32 Å². The standard InChI is InChI=1S/C9H15NO3/c1-6(2)5-8(9(12)13-4)10-7(3)11/h5-6H,1-4H3,(H,10,11)/b8-5-/i1+1,5+1,6D,10+1. The van der Waals surface area contributed by atoms with Gasteiger partial charge in [-0.1, -0.05) is 19.9 Å². The Morgan fingerprint density at radius 1 is 1.54 bits per heavy atom. The van der Waals surface area contributed by atoms with Gasteiger partial charge in [0.05, 0.1) is 7.11 Å². The van der Waals surface area contributed by atoms with Crippen LogP contribution in [0.1, 0.15) is 22.1 Å². The maximum atomic E-state index is 11.1. The number of ether oxygens (including phenoxy) is 1. The van der Waals surface area contributed by atoms with Gasteiger partial charge in [0.25, 0.3) is 0 Å². The quantitative estimate of drug-likeness (QED) is 0.310. The highest BCUT2D eigenvalue weighted by Crippen LogP contribution is 2.01. The number of esters is 1. The second-order valence-electron chi connectivity index (χ2n) is 2.81. The highest BCUT2D eigenvalue weighted by molar-refractivity contribution is 5.93. The molecule has 1 N–H and O–H groups in total. The molecule has 1 unspecified atom stereocenters. The third-order valence-electron chi connectivity index (χ3n) is 1.15. The Morgan fingerprint density at radius 3 is 2.38 bits per heavy atom. The lowest BCUT2D eigenvalue weighted by Gasteiger charge is -2.06. The number of methoxy groups -OCH3 is 1. The zero-order valence-corrected chi connectivity index (χ0v) is 8.30. The molecule has 1 atom stereocenters. The van der Waals surface area contributed by atoms with Crippen LogP contribution >= 0.6 is 0 Å². The normalized spacial score (nSPS) is 16.9. The summed E-state index contributed by atoms with van der Waals surface area (Å²) in [5, 5.41) is 2.31. The van der Waals surface area contributed by atoms with Crippen molar-refractivity contribution in [3.8, 4) is 0 Å². The number of carbonyl (C=O) groups excluding carboxylic acids is 2. The Bertz CT molecular complexity index is 266. The van der Waals surface area contributed by atoms with Crippen molar-refractivity contribution in [2.75, 3.05) is 7.11 Å². The average molecular weight is 189 g/mol. The fraction of sp³-hybridized carbons (Fsp3) is 0.556. The minimum atomic E-state index is -0.939. The zero-order chi connectivity index (χ0) is 11.4. The fourth-order valence-corrected chi connectivity index (χ4v) is 0.734. The lowest BCUT2D eigenvalue weighted by atomic mass is 10.4. The van der Waals surface area contributed by atoms with Gasteiger partial charge >= 0.3 is 5.97 Å². The van der Waals surface area contributed by atoms with E-state index in [1.807, 2.05) is 0 Å². The van der Waals surface area contributed by atoms with Crippen molar-refractivity contribution in [3.05, 3.63) is 11.8 Å². The number of amides is 1. The summed E-state index contributed by atoms with van der Waals surface area (Å²) in [5.41, 5.74) is 0.000000000000000222. The molecule has 0 aliphatic rings. The first kappa shape index (κ1) is 9.77. The molecule has 0 heterocycles. The van der Waals surface area contributed by atoms with Crippen molar-refractivity contribution in [3.63, 3.8) is 0 Å². The molecule has 0 rings (SSSR count). The second-order valence-corrected chi connectivity index (χ2v) is 2.81. The lowest BCUT2D eigenvalue weighted by molar-refractivity contribution is -0.137. The highest BCUT2D eigenvalue weighted by atomic mass is 16.5. The van der Waals surface area contributed by atoms with Gasteiger partial charge in [0.15, 0.2) is 0 Å². The summed E-state index contributed by atoms with van der Waals surface area (Å²) < 4.78 is 12.0. The Balaban J connectivity index is 4.81. The molecule has 13 heavy (non-hydrogen) atoms. The third-order valence-corrected chi connectivity index (χ3v) is 1.15. The van der Waals surface area contributed by atoms with Crippen LogP contribution in [0.3, 0.4) is 0 Å². The number of allylic oxidation sites excluding steroid dienone is 1. The van der Waals surface area contributed by atoms with Crippen LogP contribution in [0.15, 0.2) is 11.8 Å². The highest BCUT2D eigenvalue weighted by Gasteiger charge is 2.10. The minimum absolute atomic E-state index is 0.000000000000000222. The largest absolute Gasteiger partial charge is 0.464 e. The molecule has 0 bridgehead atoms. The summed E-state index contributed by atoms with van der Waals surface area (Å²) in [4.78, 5) is 21.9. The first-order valence-corrected chi connectivity index (χ1v) is 3.85. The first-order valence-electron chi connectivity index (χ1n) is 4.35. The second kappa shape index (κ2) is 5.35. The van der Waals surface area contributed by atoms with Crippen LogP contribution in [0.4, 0.5) is 0 Å². The molecular weight excluding hydrogens is 173 g/mol. The van der Waals surface area contributed by atoms with Crippen molar-refractivity contribution in [1.82, 2.24) is 5.32 Å². The molecule has 0 aromatic rings. The maximum absolute atomic E-state index is 11.1. The van der Waals surface area contributed by atoms with Crippen molar-refractivity contribution in [1.29, 1.82) is 0 Å². The molecule has 4 heteroatoms. The molecular formula is C9H15NO3. The molecule has 0 saturated carbocycles. The van der Waals surface area contributed by atoms with Crippen molar-refractivity contribution in [2.45, 2.75) is 20.8 Å². The van der Waals surface area contributed by atoms with E-state index in [4.69, 9.17) is 1.37 Å². The molecule has 0 aliphatic heterocycles. The molecule has 0 spiro atoms. The summed E-state index contributed by atoms with van der Waals surface area (Å²) >= 11 is 0. The lowest BCUT2D eigenvalue weighted by Crippen LogP contribution is -2.26. The van der Waals surface area contributed by atoms with Gasteiger partial charge < -0.3 is 10.1 Å². The van der Waals surface area contributed by atoms with Gasteiger partial charge in [-0.15, -0.1) is 0 Å². The molecule has 0 aromatic carbocycles. The third kappa shape index (κ3) is 5.00. The van der Waals surface area contributed by atoms with Crippen LogP contribution in [0, 0.1) is 5.89 Å². The smallest absolute Gasteiger partial charge is 0.354 e. The van der Waals surface area contributed by atoms with E-state index in [0.717, 1.165) is 0 Å². The van der Waals surface area contributed by atoms with Crippen molar-refractivity contribution >= 4 is 11.9 Å². The first-order chi connectivity index (χ1) is 6.26. The van der Waals surface area contributed by atoms with E-state index in [-0.39, 0.29) is 11.6 Å². The Labute approximate surface area is 79.4 Å². The van der Waals surface area contributed by atoms with Gasteiger partial charge in [0.1, 0.15) is 5.70 Å². The van der Waals surface area contributed by atoms with E-state index in [2.05, 4.69) is 10.1 Å². The summed E-state index contributed by atoms with van der Waals surface area (Å²) in [6, 6.07) is 0. The predicted octanol–water partition coefficient (Wildman–Crippen LogP) is 0.835. The molecule has 0 aromatic heterocycles. The van der Waals surface area contributed by atoms with Crippen LogP contribution in [0.2, 0.25) is 0 Å². The predicted molar refractivity (Wildman–Crippen MR) is 48.8 cm³/mol. The number of hydrogen-bond acceptors (Lipinski definition) is 3. The number of rotatable bonds is 3. The van der Waals surface area contributed by atoms with Crippen LogP contribution in [0.25, 0.3) is 0 Å². The number of hydrogen-bond donors (Lipinski definition) is 1. The van der Waals surface area contributed by atoms with Gasteiger partial charge in [-0.25, -0.2) is 4.79 Å². The summed E-state index contributed by atoms with van der Waals surface area (Å²) in [6.45, 7) is 4.48. The summed E-state index contributed by atoms with van der Waals surface area (Å²) in [6.07, 6.45) is 1.33. The summed E-state index contributed by atoms with van der Waals surface area (Å²) in [5.74, 6) is -1.96. The molecule has 0 aliphatic carbocycles. The Hall–Kier alpha value is -1.32. The van der Waals surface area contributed by atoms with Gasteiger partial charge in [-0.05, 0) is 5.89 Å². The van der Waals surface area contributed by atoms with Crippen molar-refractivity contribution < 1.29 is 15.7 Å². The SMILES string of the molecule is [2H]C(C)([13CH3])/[13CH]=C(\[15NH]C(C)=O)C(=O)OC. The van der Waals surface area contributed by atoms with Gasteiger partial charge in [0.2, 0.25) is 5.91 Å². The molecule has 0 fully saturated rings. The van der Waals surface area contributed by atoms with E-state index < -0.39 is 11.9 Å². The molecule has 74 valence electrons. The molecule has 4 nitrogen and oxygen atoms in total. The fourth-order valence-electron chi connectivity index (χ4n) is 0.734. The van der Waals surface area contributed by atoms with Gasteiger partial charge in [0, 0.05) is 8.29 Å². The van der Waals surface area contributed by atoms with Crippen molar-refractivity contribution in [2.24, 2.45) is 5.89 Å². The Morgan fingerprint density at radius 2 is 2.08 bits per heavy atom.